The minimum Gasteiger partial charge on any atom is -0.497 e. The summed E-state index contributed by atoms with van der Waals surface area (Å²) >= 11 is 0. The molecule has 2 aromatic carbocycles. The molecule has 0 aliphatic carbocycles. The molecule has 1 heterocycles. The number of benzene rings is 2. The van der Waals surface area contributed by atoms with E-state index in [2.05, 4.69) is 4.98 Å². The van der Waals surface area contributed by atoms with Crippen LogP contribution in [0.15, 0.2) is 78.0 Å². The summed E-state index contributed by atoms with van der Waals surface area (Å²) in [7, 11) is -2.19. The van der Waals surface area contributed by atoms with E-state index in [-0.39, 0.29) is 11.4 Å². The zero-order valence-electron chi connectivity index (χ0n) is 14.7. The van der Waals surface area contributed by atoms with Crippen LogP contribution in [0.25, 0.3) is 0 Å². The lowest BCUT2D eigenvalue weighted by Crippen LogP contribution is -2.30. The van der Waals surface area contributed by atoms with Crippen molar-refractivity contribution in [1.82, 2.24) is 4.98 Å². The van der Waals surface area contributed by atoms with Crippen LogP contribution in [0, 0.1) is 6.92 Å². The predicted molar refractivity (Wildman–Crippen MR) is 102 cm³/mol. The molecule has 0 bridgehead atoms. The van der Waals surface area contributed by atoms with Gasteiger partial charge in [0.1, 0.15) is 5.75 Å². The third kappa shape index (κ3) is 3.86. The first-order valence-corrected chi connectivity index (χ1v) is 9.57. The van der Waals surface area contributed by atoms with Gasteiger partial charge in [-0.05, 0) is 42.8 Å². The number of rotatable bonds is 6. The van der Waals surface area contributed by atoms with E-state index in [9.17, 15) is 8.42 Å². The van der Waals surface area contributed by atoms with Gasteiger partial charge >= 0.3 is 0 Å². The van der Waals surface area contributed by atoms with Gasteiger partial charge in [-0.25, -0.2) is 8.42 Å². The number of sulfonamides is 1. The van der Waals surface area contributed by atoms with Gasteiger partial charge in [0, 0.05) is 18.5 Å². The summed E-state index contributed by atoms with van der Waals surface area (Å²) in [5.74, 6) is 0.595. The van der Waals surface area contributed by atoms with Crippen LogP contribution in [-0.4, -0.2) is 20.5 Å². The van der Waals surface area contributed by atoms with Crippen LogP contribution < -0.4 is 9.04 Å². The van der Waals surface area contributed by atoms with Gasteiger partial charge in [0.05, 0.1) is 24.2 Å². The Morgan fingerprint density at radius 1 is 1.04 bits per heavy atom. The Kier molecular flexibility index (Phi) is 5.23. The van der Waals surface area contributed by atoms with Gasteiger partial charge in [0.25, 0.3) is 10.0 Å². The fourth-order valence-electron chi connectivity index (χ4n) is 2.58. The van der Waals surface area contributed by atoms with Gasteiger partial charge in [-0.3, -0.25) is 9.29 Å². The molecule has 0 atom stereocenters. The monoisotopic (exact) mass is 368 g/mol. The number of ether oxygens (including phenoxy) is 1. The quantitative estimate of drug-likeness (QED) is 0.664. The highest BCUT2D eigenvalue weighted by Crippen LogP contribution is 2.28. The van der Waals surface area contributed by atoms with Crippen molar-refractivity contribution in [1.29, 1.82) is 0 Å². The average molecular weight is 368 g/mol. The molecular formula is C20H20N2O3S. The number of anilines is 1. The molecule has 6 heteroatoms. The summed E-state index contributed by atoms with van der Waals surface area (Å²) in [6.07, 6.45) is 3.33. The van der Waals surface area contributed by atoms with Crippen LogP contribution in [0.5, 0.6) is 5.75 Å². The number of methoxy groups -OCH3 is 1. The van der Waals surface area contributed by atoms with Crippen molar-refractivity contribution in [3.63, 3.8) is 0 Å². The molecule has 0 saturated heterocycles. The van der Waals surface area contributed by atoms with Crippen molar-refractivity contribution in [2.24, 2.45) is 0 Å². The zero-order valence-corrected chi connectivity index (χ0v) is 15.5. The first-order valence-electron chi connectivity index (χ1n) is 8.13. The topological polar surface area (TPSA) is 59.5 Å². The van der Waals surface area contributed by atoms with Crippen molar-refractivity contribution >= 4 is 15.7 Å². The smallest absolute Gasteiger partial charge is 0.264 e. The van der Waals surface area contributed by atoms with Gasteiger partial charge in [0.2, 0.25) is 0 Å². The SMILES string of the molecule is COc1cccc(N(Cc2cccnc2)S(=O)(=O)c2ccc(C)cc2)c1. The highest BCUT2D eigenvalue weighted by atomic mass is 32.2. The van der Waals surface area contributed by atoms with Gasteiger partial charge < -0.3 is 4.74 Å². The molecule has 134 valence electrons. The molecule has 0 spiro atoms. The molecule has 0 saturated carbocycles. The Hall–Kier alpha value is -2.86. The summed E-state index contributed by atoms with van der Waals surface area (Å²) in [5, 5.41) is 0. The Morgan fingerprint density at radius 3 is 2.46 bits per heavy atom. The predicted octanol–water partition coefficient (Wildman–Crippen LogP) is 3.79. The standard InChI is InChI=1S/C20H20N2O3S/c1-16-8-10-20(11-9-16)26(23,24)22(15-17-5-4-12-21-14-17)18-6-3-7-19(13-18)25-2/h3-14H,15H2,1-2H3. The lowest BCUT2D eigenvalue weighted by molar-refractivity contribution is 0.415. The summed E-state index contributed by atoms with van der Waals surface area (Å²) in [6, 6.07) is 17.5. The molecule has 5 nitrogen and oxygen atoms in total. The molecule has 3 aromatic rings. The van der Waals surface area contributed by atoms with Crippen molar-refractivity contribution in [2.75, 3.05) is 11.4 Å². The second kappa shape index (κ2) is 7.58. The third-order valence-electron chi connectivity index (χ3n) is 4.00. The fourth-order valence-corrected chi connectivity index (χ4v) is 4.02. The minimum absolute atomic E-state index is 0.178. The maximum absolute atomic E-state index is 13.3. The van der Waals surface area contributed by atoms with Crippen molar-refractivity contribution in [3.8, 4) is 5.75 Å². The number of nitrogens with zero attached hydrogens (tertiary/aromatic N) is 2. The minimum atomic E-state index is -3.74. The maximum atomic E-state index is 13.3. The summed E-state index contributed by atoms with van der Waals surface area (Å²) in [5.41, 5.74) is 2.34. The van der Waals surface area contributed by atoms with Crippen LogP contribution >= 0.6 is 0 Å². The van der Waals surface area contributed by atoms with Gasteiger partial charge in [0.15, 0.2) is 0 Å². The van der Waals surface area contributed by atoms with Crippen molar-refractivity contribution in [2.45, 2.75) is 18.4 Å². The largest absolute Gasteiger partial charge is 0.497 e. The molecule has 0 amide bonds. The van der Waals surface area contributed by atoms with Crippen LogP contribution in [0.1, 0.15) is 11.1 Å². The first kappa shape index (κ1) is 17.9. The van der Waals surface area contributed by atoms with Gasteiger partial charge in [-0.1, -0.05) is 29.8 Å². The van der Waals surface area contributed by atoms with E-state index in [4.69, 9.17) is 4.74 Å². The molecule has 0 unspecified atom stereocenters. The van der Waals surface area contributed by atoms with E-state index in [1.54, 1.807) is 74.1 Å². The molecule has 0 fully saturated rings. The molecule has 0 aliphatic rings. The second-order valence-corrected chi connectivity index (χ2v) is 7.75. The lowest BCUT2D eigenvalue weighted by Gasteiger charge is -2.25. The second-order valence-electron chi connectivity index (χ2n) is 5.89. The van der Waals surface area contributed by atoms with Crippen LogP contribution in [-0.2, 0) is 16.6 Å². The average Bonchev–Trinajstić information content (AvgIpc) is 2.67. The lowest BCUT2D eigenvalue weighted by atomic mass is 10.2. The molecule has 3 rings (SSSR count). The van der Waals surface area contributed by atoms with E-state index < -0.39 is 10.0 Å². The molecule has 26 heavy (non-hydrogen) atoms. The van der Waals surface area contributed by atoms with Crippen LogP contribution in [0.3, 0.4) is 0 Å². The van der Waals surface area contributed by atoms with E-state index in [0.29, 0.717) is 11.4 Å². The Labute approximate surface area is 153 Å². The van der Waals surface area contributed by atoms with Crippen molar-refractivity contribution in [3.05, 3.63) is 84.2 Å². The van der Waals surface area contributed by atoms with E-state index in [1.165, 1.54) is 4.31 Å². The summed E-state index contributed by atoms with van der Waals surface area (Å²) < 4.78 is 33.3. The van der Waals surface area contributed by atoms with Gasteiger partial charge in [-0.2, -0.15) is 0 Å². The Morgan fingerprint density at radius 2 is 1.81 bits per heavy atom. The number of aromatic nitrogens is 1. The normalized spacial score (nSPS) is 11.2. The molecule has 1 aromatic heterocycles. The number of hydrogen-bond acceptors (Lipinski definition) is 4. The zero-order chi connectivity index (χ0) is 18.6. The molecule has 0 radical (unpaired) electrons. The number of aryl methyl sites for hydroxylation is 1. The van der Waals surface area contributed by atoms with Crippen LogP contribution in [0.2, 0.25) is 0 Å². The third-order valence-corrected chi connectivity index (χ3v) is 5.79. The van der Waals surface area contributed by atoms with E-state index in [0.717, 1.165) is 11.1 Å². The highest BCUT2D eigenvalue weighted by Gasteiger charge is 2.25. The summed E-state index contributed by atoms with van der Waals surface area (Å²) in [6.45, 7) is 2.10. The Bertz CT molecular complexity index is 971. The maximum Gasteiger partial charge on any atom is 0.264 e. The molecule has 0 aliphatic heterocycles. The highest BCUT2D eigenvalue weighted by molar-refractivity contribution is 7.92. The van der Waals surface area contributed by atoms with E-state index >= 15 is 0 Å². The molecular weight excluding hydrogens is 348 g/mol. The van der Waals surface area contributed by atoms with Crippen molar-refractivity contribution < 1.29 is 13.2 Å². The molecule has 0 N–H and O–H groups in total. The number of hydrogen-bond donors (Lipinski definition) is 0. The summed E-state index contributed by atoms with van der Waals surface area (Å²) in [4.78, 5) is 4.33. The fraction of sp³-hybridized carbons (Fsp3) is 0.150. The Balaban J connectivity index is 2.08. The number of pyridine rings is 1. The van der Waals surface area contributed by atoms with Crippen LogP contribution in [0.4, 0.5) is 5.69 Å². The first-order chi connectivity index (χ1) is 12.5. The van der Waals surface area contributed by atoms with Gasteiger partial charge in [-0.15, -0.1) is 0 Å². The van der Waals surface area contributed by atoms with E-state index in [1.807, 2.05) is 13.0 Å².